The van der Waals surface area contributed by atoms with Crippen LogP contribution in [0.25, 0.3) is 0 Å². The Morgan fingerprint density at radius 2 is 2.22 bits per heavy atom. The van der Waals surface area contributed by atoms with E-state index in [2.05, 4.69) is 23.8 Å². The summed E-state index contributed by atoms with van der Waals surface area (Å²) in [7, 11) is 2.07. The van der Waals surface area contributed by atoms with E-state index in [-0.39, 0.29) is 6.10 Å². The smallest absolute Gasteiger partial charge is 0.107 e. The fourth-order valence-corrected chi connectivity index (χ4v) is 4.81. The van der Waals surface area contributed by atoms with E-state index in [1.807, 2.05) is 11.3 Å². The Balaban J connectivity index is 1.46. The zero-order chi connectivity index (χ0) is 16.2. The van der Waals surface area contributed by atoms with Gasteiger partial charge in [0.1, 0.15) is 5.01 Å². The Hall–Kier alpha value is -0.530. The summed E-state index contributed by atoms with van der Waals surface area (Å²) in [5.74, 6) is 0.795. The average Bonchev–Trinajstić information content (AvgIpc) is 2.89. The molecule has 5 nitrogen and oxygen atoms in total. The summed E-state index contributed by atoms with van der Waals surface area (Å²) in [4.78, 5) is 10.8. The van der Waals surface area contributed by atoms with E-state index in [9.17, 15) is 5.11 Å². The number of likely N-dealkylation sites (N-methyl/N-ethyl adjacent to an activating group) is 1. The van der Waals surface area contributed by atoms with Crippen molar-refractivity contribution < 1.29 is 9.84 Å². The van der Waals surface area contributed by atoms with Gasteiger partial charge in [0.15, 0.2) is 0 Å². The fraction of sp³-hybridized carbons (Fsp3) is 0.824. The molecule has 0 bridgehead atoms. The fourth-order valence-electron chi connectivity index (χ4n) is 3.46. The number of aryl methyl sites for hydroxylation is 1. The molecule has 0 amide bonds. The second-order valence-electron chi connectivity index (χ2n) is 7.09. The highest BCUT2D eigenvalue weighted by Crippen LogP contribution is 2.30. The van der Waals surface area contributed by atoms with Crippen LogP contribution in [-0.2, 0) is 24.1 Å². The Bertz CT molecular complexity index is 502. The van der Waals surface area contributed by atoms with Gasteiger partial charge in [-0.15, -0.1) is 11.3 Å². The molecule has 2 atom stereocenters. The third-order valence-electron chi connectivity index (χ3n) is 4.73. The normalized spacial score (nSPS) is 23.9. The van der Waals surface area contributed by atoms with Crippen molar-refractivity contribution in [2.75, 3.05) is 46.4 Å². The molecule has 6 heteroatoms. The second kappa shape index (κ2) is 8.03. The third-order valence-corrected chi connectivity index (χ3v) is 5.84. The lowest BCUT2D eigenvalue weighted by Gasteiger charge is -2.29. The zero-order valence-electron chi connectivity index (χ0n) is 14.3. The van der Waals surface area contributed by atoms with E-state index in [1.165, 1.54) is 28.4 Å². The summed E-state index contributed by atoms with van der Waals surface area (Å²) in [5.41, 5.74) is 1.32. The van der Waals surface area contributed by atoms with E-state index >= 15 is 0 Å². The molecular formula is C17H29N3O2S. The van der Waals surface area contributed by atoms with Crippen LogP contribution >= 0.6 is 11.3 Å². The van der Waals surface area contributed by atoms with Gasteiger partial charge >= 0.3 is 0 Å². The number of hydrogen-bond acceptors (Lipinski definition) is 6. The van der Waals surface area contributed by atoms with E-state index < -0.39 is 0 Å². The van der Waals surface area contributed by atoms with Gasteiger partial charge in [0.05, 0.1) is 31.6 Å². The summed E-state index contributed by atoms with van der Waals surface area (Å²) < 4.78 is 5.35. The van der Waals surface area contributed by atoms with Gasteiger partial charge in [0.2, 0.25) is 0 Å². The van der Waals surface area contributed by atoms with Crippen molar-refractivity contribution in [1.29, 1.82) is 0 Å². The summed E-state index contributed by atoms with van der Waals surface area (Å²) in [5, 5.41) is 11.5. The molecule has 1 saturated heterocycles. The predicted molar refractivity (Wildman–Crippen MR) is 92.9 cm³/mol. The number of morpholine rings is 1. The van der Waals surface area contributed by atoms with E-state index in [1.54, 1.807) is 0 Å². The lowest BCUT2D eigenvalue weighted by Crippen LogP contribution is -2.43. The Morgan fingerprint density at radius 3 is 3.00 bits per heavy atom. The highest BCUT2D eigenvalue weighted by atomic mass is 32.1. The molecule has 0 saturated carbocycles. The van der Waals surface area contributed by atoms with Crippen molar-refractivity contribution in [2.45, 2.75) is 38.8 Å². The van der Waals surface area contributed by atoms with Crippen molar-refractivity contribution in [1.82, 2.24) is 14.8 Å². The molecule has 2 unspecified atom stereocenters. The first-order valence-electron chi connectivity index (χ1n) is 8.74. The van der Waals surface area contributed by atoms with Gasteiger partial charge in [-0.2, -0.15) is 0 Å². The van der Waals surface area contributed by atoms with Gasteiger partial charge in [-0.05, 0) is 32.2 Å². The number of aliphatic hydroxyl groups excluding tert-OH is 1. The van der Waals surface area contributed by atoms with Gasteiger partial charge in [-0.25, -0.2) is 4.98 Å². The van der Waals surface area contributed by atoms with Gasteiger partial charge in [0.25, 0.3) is 0 Å². The molecule has 2 aliphatic rings. The molecule has 130 valence electrons. The maximum Gasteiger partial charge on any atom is 0.107 e. The van der Waals surface area contributed by atoms with E-state index in [0.29, 0.717) is 6.54 Å². The Kier molecular flexibility index (Phi) is 6.04. The summed E-state index contributed by atoms with van der Waals surface area (Å²) in [6, 6.07) is 0. The molecule has 1 N–H and O–H groups in total. The van der Waals surface area contributed by atoms with Crippen molar-refractivity contribution in [3.05, 3.63) is 15.6 Å². The van der Waals surface area contributed by atoms with Gasteiger partial charge < -0.3 is 9.84 Å². The van der Waals surface area contributed by atoms with Crippen LogP contribution in [0.1, 0.15) is 28.9 Å². The van der Waals surface area contributed by atoms with Crippen LogP contribution in [-0.4, -0.2) is 72.4 Å². The van der Waals surface area contributed by atoms with Crippen LogP contribution in [0.15, 0.2) is 0 Å². The number of ether oxygens (including phenoxy) is 1. The molecule has 1 aliphatic carbocycles. The quantitative estimate of drug-likeness (QED) is 0.849. The summed E-state index contributed by atoms with van der Waals surface area (Å²) in [6.07, 6.45) is 3.28. The number of aliphatic hydroxyl groups is 1. The first-order chi connectivity index (χ1) is 11.1. The van der Waals surface area contributed by atoms with Crippen LogP contribution in [0.5, 0.6) is 0 Å². The molecule has 1 aliphatic heterocycles. The maximum absolute atomic E-state index is 10.3. The van der Waals surface area contributed by atoms with Crippen molar-refractivity contribution in [2.24, 2.45) is 5.92 Å². The number of rotatable bonds is 6. The molecule has 1 fully saturated rings. The Labute approximate surface area is 143 Å². The van der Waals surface area contributed by atoms with Gasteiger partial charge in [-0.3, -0.25) is 9.80 Å². The van der Waals surface area contributed by atoms with E-state index in [4.69, 9.17) is 9.72 Å². The number of aromatic nitrogens is 1. The number of β-amino-alcohol motifs (C(OH)–C–C–N with tert-alkyl or cyclic N) is 1. The lowest BCUT2D eigenvalue weighted by atomic mass is 9.93. The monoisotopic (exact) mass is 339 g/mol. The number of fused-ring (bicyclic) bond motifs is 1. The molecule has 1 aromatic rings. The average molecular weight is 340 g/mol. The predicted octanol–water partition coefficient (Wildman–Crippen LogP) is 1.39. The van der Waals surface area contributed by atoms with Gasteiger partial charge in [-0.1, -0.05) is 6.92 Å². The second-order valence-corrected chi connectivity index (χ2v) is 8.26. The molecule has 1 aromatic heterocycles. The van der Waals surface area contributed by atoms with Crippen LogP contribution in [0.4, 0.5) is 0 Å². The number of hydrogen-bond donors (Lipinski definition) is 1. The standard InChI is InChI=1S/C17H29N3O2S/c1-13-3-4-15-16(9-13)23-17(18-15)12-19(2)10-14(21)11-20-5-7-22-8-6-20/h13-14,21H,3-12H2,1-2H3. The summed E-state index contributed by atoms with van der Waals surface area (Å²) >= 11 is 1.87. The van der Waals surface area contributed by atoms with Crippen molar-refractivity contribution >= 4 is 11.3 Å². The summed E-state index contributed by atoms with van der Waals surface area (Å²) in [6.45, 7) is 8.02. The van der Waals surface area contributed by atoms with Crippen molar-refractivity contribution in [3.63, 3.8) is 0 Å². The van der Waals surface area contributed by atoms with Crippen molar-refractivity contribution in [3.8, 4) is 0 Å². The highest BCUT2D eigenvalue weighted by Gasteiger charge is 2.21. The topological polar surface area (TPSA) is 48.8 Å². The minimum absolute atomic E-state index is 0.312. The molecule has 3 rings (SSSR count). The van der Waals surface area contributed by atoms with Crippen LogP contribution in [0, 0.1) is 5.92 Å². The zero-order valence-corrected chi connectivity index (χ0v) is 15.1. The molecule has 0 radical (unpaired) electrons. The SMILES string of the molecule is CC1CCc2nc(CN(C)CC(O)CN3CCOCC3)sc2C1. The lowest BCUT2D eigenvalue weighted by molar-refractivity contribution is 0.00825. The first kappa shape index (κ1) is 17.3. The van der Waals surface area contributed by atoms with E-state index in [0.717, 1.165) is 51.7 Å². The van der Waals surface area contributed by atoms with Crippen LogP contribution in [0.3, 0.4) is 0 Å². The van der Waals surface area contributed by atoms with Crippen LogP contribution in [0.2, 0.25) is 0 Å². The largest absolute Gasteiger partial charge is 0.390 e. The highest BCUT2D eigenvalue weighted by molar-refractivity contribution is 7.11. The number of nitrogens with zero attached hydrogens (tertiary/aromatic N) is 3. The third kappa shape index (κ3) is 4.97. The van der Waals surface area contributed by atoms with Gasteiger partial charge in [0, 0.05) is 31.1 Å². The molecule has 2 heterocycles. The molecule has 0 aromatic carbocycles. The Morgan fingerprint density at radius 1 is 1.43 bits per heavy atom. The van der Waals surface area contributed by atoms with Crippen LogP contribution < -0.4 is 0 Å². The molecular weight excluding hydrogens is 310 g/mol. The minimum Gasteiger partial charge on any atom is -0.390 e. The minimum atomic E-state index is -0.312. The first-order valence-corrected chi connectivity index (χ1v) is 9.56. The molecule has 0 spiro atoms. The molecule has 23 heavy (non-hydrogen) atoms. The maximum atomic E-state index is 10.3. The number of thiazole rings is 1.